The van der Waals surface area contributed by atoms with Gasteiger partial charge in [0.05, 0.1) is 23.0 Å². The Morgan fingerprint density at radius 2 is 2.11 bits per heavy atom. The minimum atomic E-state index is -0.588. The Balaban J connectivity index is 1.66. The van der Waals surface area contributed by atoms with Crippen LogP contribution in [0.25, 0.3) is 0 Å². The quantitative estimate of drug-likeness (QED) is 0.558. The number of thiophene rings is 1. The summed E-state index contributed by atoms with van der Waals surface area (Å²) >= 11 is 13.8. The molecule has 0 N–H and O–H groups in total. The molecule has 0 aliphatic carbocycles. The van der Waals surface area contributed by atoms with Gasteiger partial charge in [0.1, 0.15) is 23.5 Å². The third-order valence-corrected chi connectivity index (χ3v) is 7.18. The lowest BCUT2D eigenvalue weighted by Gasteiger charge is -2.42. The van der Waals surface area contributed by atoms with Crippen molar-refractivity contribution in [3.05, 3.63) is 74.6 Å². The van der Waals surface area contributed by atoms with E-state index >= 15 is 0 Å². The lowest BCUT2D eigenvalue weighted by atomic mass is 9.73. The van der Waals surface area contributed by atoms with E-state index in [1.165, 1.54) is 16.0 Å². The van der Waals surface area contributed by atoms with Gasteiger partial charge in [0.25, 0.3) is 0 Å². The summed E-state index contributed by atoms with van der Waals surface area (Å²) in [5.74, 6) is 1.32. The van der Waals surface area contributed by atoms with Crippen LogP contribution < -0.4 is 9.47 Å². The van der Waals surface area contributed by atoms with Crippen LogP contribution in [0.15, 0.2) is 48.5 Å². The van der Waals surface area contributed by atoms with Gasteiger partial charge in [0, 0.05) is 17.5 Å². The molecule has 7 heteroatoms. The van der Waals surface area contributed by atoms with Crippen LogP contribution in [-0.4, -0.2) is 28.6 Å². The highest BCUT2D eigenvalue weighted by Gasteiger charge is 2.52. The Morgan fingerprint density at radius 1 is 1.25 bits per heavy atom. The fourth-order valence-electron chi connectivity index (χ4n) is 4.08. The number of hydrogen-bond donors (Lipinski definition) is 0. The zero-order chi connectivity index (χ0) is 19.3. The smallest absolute Gasteiger partial charge is 0.213 e. The topological polar surface area (TPSA) is 34.6 Å². The summed E-state index contributed by atoms with van der Waals surface area (Å²) in [5.41, 5.74) is 2.65. The van der Waals surface area contributed by atoms with Crippen LogP contribution in [0.4, 0.5) is 0 Å². The van der Waals surface area contributed by atoms with E-state index in [9.17, 15) is 0 Å². The fraction of sp³-hybridized carbons (Fsp3) is 0.238. The highest BCUT2D eigenvalue weighted by molar-refractivity contribution is 7.80. The molecular formula is C21H17ClN2O2S2. The van der Waals surface area contributed by atoms with Gasteiger partial charge in [-0.1, -0.05) is 48.1 Å². The second kappa shape index (κ2) is 6.72. The zero-order valence-electron chi connectivity index (χ0n) is 15.1. The highest BCUT2D eigenvalue weighted by atomic mass is 35.5. The van der Waals surface area contributed by atoms with Gasteiger partial charge in [-0.25, -0.2) is 4.98 Å². The summed E-state index contributed by atoms with van der Waals surface area (Å²) in [4.78, 5) is 9.01. The van der Waals surface area contributed by atoms with E-state index in [0.717, 1.165) is 27.3 Å². The number of halogens is 1. The minimum absolute atomic E-state index is 0.444. The molecular weight excluding hydrogens is 412 g/mol. The number of pyridine rings is 1. The van der Waals surface area contributed by atoms with Crippen LogP contribution in [0.1, 0.15) is 21.7 Å². The lowest BCUT2D eigenvalue weighted by molar-refractivity contribution is 0.293. The average Bonchev–Trinajstić information content (AvgIpc) is 3.30. The monoisotopic (exact) mass is 428 g/mol. The molecule has 1 atom stereocenters. The number of fused-ring (bicyclic) bond motifs is 4. The number of hydrogen-bond acceptors (Lipinski definition) is 5. The van der Waals surface area contributed by atoms with Gasteiger partial charge in [-0.3, -0.25) is 0 Å². The van der Waals surface area contributed by atoms with Gasteiger partial charge in [-0.15, -0.1) is 11.3 Å². The summed E-state index contributed by atoms with van der Waals surface area (Å²) in [6, 6.07) is 16.1. The Hall–Kier alpha value is -2.15. The maximum absolute atomic E-state index is 6.14. The summed E-state index contributed by atoms with van der Waals surface area (Å²) in [6.07, 6.45) is 0. The number of methoxy groups -OCH3 is 1. The predicted molar refractivity (Wildman–Crippen MR) is 115 cm³/mol. The van der Waals surface area contributed by atoms with E-state index in [1.54, 1.807) is 18.4 Å². The highest BCUT2D eigenvalue weighted by Crippen LogP contribution is 2.48. The van der Waals surface area contributed by atoms with E-state index in [4.69, 9.17) is 38.3 Å². The molecule has 4 nitrogen and oxygen atoms in total. The molecule has 142 valence electrons. The molecule has 1 unspecified atom stereocenters. The van der Waals surface area contributed by atoms with E-state index in [2.05, 4.69) is 35.2 Å². The number of thiocarbonyl (C=S) groups is 1. The Bertz CT molecular complexity index is 1080. The van der Waals surface area contributed by atoms with Gasteiger partial charge in [0.2, 0.25) is 5.88 Å². The summed E-state index contributed by atoms with van der Waals surface area (Å²) in [5, 5.41) is 0. The molecule has 0 amide bonds. The summed E-state index contributed by atoms with van der Waals surface area (Å²) < 4.78 is 12.2. The first kappa shape index (κ1) is 17.9. The molecule has 2 aliphatic heterocycles. The first-order chi connectivity index (χ1) is 13.6. The van der Waals surface area contributed by atoms with E-state index in [-0.39, 0.29) is 0 Å². The Labute approximate surface area is 177 Å². The average molecular weight is 429 g/mol. The van der Waals surface area contributed by atoms with Crippen LogP contribution in [0.5, 0.6) is 11.6 Å². The van der Waals surface area contributed by atoms with Gasteiger partial charge < -0.3 is 14.4 Å². The van der Waals surface area contributed by atoms with Crippen molar-refractivity contribution in [1.29, 1.82) is 0 Å². The Kier molecular flexibility index (Phi) is 4.30. The minimum Gasteiger partial charge on any atom is -0.490 e. The molecule has 2 aliphatic rings. The third-order valence-electron chi connectivity index (χ3n) is 5.36. The van der Waals surface area contributed by atoms with Crippen LogP contribution >= 0.6 is 35.2 Å². The molecule has 0 radical (unpaired) electrons. The van der Waals surface area contributed by atoms with E-state index in [0.29, 0.717) is 19.0 Å². The molecule has 1 spiro atoms. The standard InChI is InChI=1S/C21H17ClN2O2S2/c1-25-18-9-7-16-19(23-18)21(12-26-16)15-5-3-2-4-13(15)10-24(20(21)27)11-14-6-8-17(22)28-14/h2-9H,10-12H2,1H3. The van der Waals surface area contributed by atoms with Crippen molar-refractivity contribution in [2.24, 2.45) is 0 Å². The predicted octanol–water partition coefficient (Wildman–Crippen LogP) is 4.83. The molecule has 3 aromatic rings. The van der Waals surface area contributed by atoms with Crippen molar-refractivity contribution in [3.63, 3.8) is 0 Å². The summed E-state index contributed by atoms with van der Waals surface area (Å²) in [7, 11) is 1.62. The van der Waals surface area contributed by atoms with Gasteiger partial charge in [0.15, 0.2) is 0 Å². The molecule has 4 heterocycles. The van der Waals surface area contributed by atoms with Crippen LogP contribution in [0.2, 0.25) is 4.34 Å². The Morgan fingerprint density at radius 3 is 2.89 bits per heavy atom. The number of nitrogens with zero attached hydrogens (tertiary/aromatic N) is 2. The van der Waals surface area contributed by atoms with Gasteiger partial charge in [-0.05, 0) is 29.3 Å². The van der Waals surface area contributed by atoms with E-state index in [1.807, 2.05) is 18.2 Å². The number of ether oxygens (including phenoxy) is 2. The van der Waals surface area contributed by atoms with Crippen molar-refractivity contribution in [2.45, 2.75) is 18.5 Å². The number of aromatic nitrogens is 1. The fourth-order valence-corrected chi connectivity index (χ4v) is 5.57. The zero-order valence-corrected chi connectivity index (χ0v) is 17.5. The SMILES string of the molecule is COc1ccc2c(n1)C1(CO2)C(=S)N(Cc2ccc(Cl)s2)Cc2ccccc21. The molecule has 28 heavy (non-hydrogen) atoms. The van der Waals surface area contributed by atoms with Crippen molar-refractivity contribution in [3.8, 4) is 11.6 Å². The van der Waals surface area contributed by atoms with Crippen LogP contribution in [0.3, 0.4) is 0 Å². The number of benzene rings is 1. The first-order valence-corrected chi connectivity index (χ1v) is 10.5. The summed E-state index contributed by atoms with van der Waals surface area (Å²) in [6.45, 7) is 1.91. The van der Waals surface area contributed by atoms with Gasteiger partial charge >= 0.3 is 0 Å². The molecule has 5 rings (SSSR count). The van der Waals surface area contributed by atoms with Crippen molar-refractivity contribution in [2.75, 3.05) is 13.7 Å². The van der Waals surface area contributed by atoms with Crippen LogP contribution in [-0.2, 0) is 18.5 Å². The largest absolute Gasteiger partial charge is 0.490 e. The van der Waals surface area contributed by atoms with Crippen molar-refractivity contribution in [1.82, 2.24) is 9.88 Å². The van der Waals surface area contributed by atoms with Crippen molar-refractivity contribution < 1.29 is 9.47 Å². The van der Waals surface area contributed by atoms with Gasteiger partial charge in [-0.2, -0.15) is 0 Å². The normalized spacial score (nSPS) is 20.1. The molecule has 0 saturated heterocycles. The number of rotatable bonds is 3. The van der Waals surface area contributed by atoms with E-state index < -0.39 is 5.41 Å². The lowest BCUT2D eigenvalue weighted by Crippen LogP contribution is -2.51. The van der Waals surface area contributed by atoms with Crippen LogP contribution in [0, 0.1) is 0 Å². The molecule has 1 aromatic carbocycles. The first-order valence-electron chi connectivity index (χ1n) is 8.92. The molecule has 0 saturated carbocycles. The van der Waals surface area contributed by atoms with Crippen molar-refractivity contribution >= 4 is 40.1 Å². The second-order valence-electron chi connectivity index (χ2n) is 6.92. The maximum Gasteiger partial charge on any atom is 0.213 e. The molecule has 2 aromatic heterocycles. The molecule has 0 fully saturated rings. The maximum atomic E-state index is 6.14. The second-order valence-corrected chi connectivity index (χ2v) is 9.10. The molecule has 0 bridgehead atoms. The third kappa shape index (κ3) is 2.63.